The molecule has 0 N–H and O–H groups in total. The second kappa shape index (κ2) is 20.0. The largest absolute Gasteiger partial charge is 0.387 e. The van der Waals surface area contributed by atoms with Crippen molar-refractivity contribution in [1.82, 2.24) is 0 Å². The summed E-state index contributed by atoms with van der Waals surface area (Å²) < 4.78 is 495. The van der Waals surface area contributed by atoms with E-state index in [0.717, 1.165) is 0 Å². The Morgan fingerprint density at radius 1 is 0.101 bits per heavy atom. The maximum absolute atomic E-state index is 13.0. The number of halogens is 48. The second-order valence-electron chi connectivity index (χ2n) is 11.6. The van der Waals surface area contributed by atoms with Gasteiger partial charge >= 0.3 is 112 Å². The Morgan fingerprint density at radius 2 is 0.145 bits per heavy atom. The van der Waals surface area contributed by atoms with Crippen LogP contribution in [-0.2, 0) is 0 Å². The maximum Gasteiger partial charge on any atom is 0.387 e. The molecule has 0 nitrogen and oxygen atoms in total. The predicted octanol–water partition coefficient (Wildman–Crippen LogP) is 18.7. The van der Waals surface area contributed by atoms with Crippen molar-refractivity contribution in [2.24, 2.45) is 0 Å². The lowest BCUT2D eigenvalue weighted by Crippen LogP contribution is -2.73. The predicted molar refractivity (Wildman–Crippen MR) is 188 cm³/mol. The lowest BCUT2D eigenvalue weighted by Gasteiger charge is -2.42. The maximum atomic E-state index is 13.0. The van der Waals surface area contributed by atoms with Gasteiger partial charge in [0.15, 0.2) is 0 Å². The molecule has 48 heteroatoms. The third kappa shape index (κ3) is 11.8. The Kier molecular flexibility index (Phi) is 21.7. The molecule has 0 aliphatic heterocycles. The molecule has 0 aromatic heterocycles. The van der Waals surface area contributed by atoms with Crippen molar-refractivity contribution >= 4 is 136 Å². The third-order valence-electron chi connectivity index (χ3n) is 6.87. The van der Waals surface area contributed by atoms with Crippen LogP contribution in [-0.4, -0.2) is 112 Å². The van der Waals surface area contributed by atoms with Gasteiger partial charge in [-0.1, -0.05) is 0 Å². The first kappa shape index (κ1) is 74.7. The molecule has 0 saturated carbocycles. The van der Waals surface area contributed by atoms with Gasteiger partial charge in [0.2, 0.25) is 0 Å². The fraction of sp³-hybridized carbons (Fsp3) is 1.00. The standard InChI is InChI=1S/C8F16I2.C7F14I2.C6F12I2/c9-1(10,3(13,14)5(17,18)7(21,22)25)2(11,12)4(15,16)6(19,20)8(23,24)26;8-1(9,2(10,11)4(14,15)6(18,19)22)3(12,13)5(16,17)7(20,21)23;7-1(8,3(11,12)5(15,16)19)2(9,10)4(13,14)6(17,18)20. The summed E-state index contributed by atoms with van der Waals surface area (Å²) in [6.45, 7) is 0. The van der Waals surface area contributed by atoms with Gasteiger partial charge in [-0.15, -0.1) is 0 Å². The molecule has 0 radical (unpaired) electrons. The van der Waals surface area contributed by atoms with E-state index in [9.17, 15) is 184 Å². The summed E-state index contributed by atoms with van der Waals surface area (Å²) in [5, 5.41) is 0. The summed E-state index contributed by atoms with van der Waals surface area (Å²) in [5.74, 6) is -115. The number of hydrogen-bond donors (Lipinski definition) is 0. The molecule has 0 aliphatic carbocycles. The monoisotopic (exact) mass is 1810 g/mol. The van der Waals surface area contributed by atoms with E-state index in [1.807, 2.05) is 0 Å². The van der Waals surface area contributed by atoms with Crippen LogP contribution >= 0.6 is 136 Å². The van der Waals surface area contributed by atoms with Crippen LogP contribution in [0.1, 0.15) is 0 Å². The highest BCUT2D eigenvalue weighted by molar-refractivity contribution is 14.1. The third-order valence-corrected chi connectivity index (χ3v) is 10.9. The Balaban J connectivity index is -0.000000955. The smallest absolute Gasteiger partial charge is 0.192 e. The zero-order valence-corrected chi connectivity index (χ0v) is 41.6. The van der Waals surface area contributed by atoms with Crippen LogP contribution in [0.15, 0.2) is 0 Å². The number of hydrogen-bond acceptors (Lipinski definition) is 0. The van der Waals surface area contributed by atoms with Gasteiger partial charge in [0.25, 0.3) is 0 Å². The van der Waals surface area contributed by atoms with Crippen molar-refractivity contribution in [2.75, 3.05) is 0 Å². The Labute approximate surface area is 429 Å². The SMILES string of the molecule is FC(F)(I)C(F)(F)C(F)(F)C(F)(F)C(F)(F)C(F)(F)C(F)(F)C(F)(F)I.FC(F)(I)C(F)(F)C(F)(F)C(F)(F)C(F)(F)C(F)(F)C(F)(F)I.FC(F)(I)C(F)(F)C(F)(F)C(F)(F)C(F)(F)C(F)(F)I. The lowest BCUT2D eigenvalue weighted by atomic mass is 9.91. The first-order valence-corrected chi connectivity index (χ1v) is 20.0. The van der Waals surface area contributed by atoms with Crippen molar-refractivity contribution in [3.63, 3.8) is 0 Å². The quantitative estimate of drug-likeness (QED) is 0.0729. The first-order valence-electron chi connectivity index (χ1n) is 13.6. The van der Waals surface area contributed by atoms with E-state index in [-0.39, 0.29) is 0 Å². The van der Waals surface area contributed by atoms with Gasteiger partial charge < -0.3 is 0 Å². The zero-order chi connectivity index (χ0) is 58.5. The molecule has 0 rings (SSSR count). The van der Waals surface area contributed by atoms with Gasteiger partial charge in [0, 0.05) is 136 Å². The summed E-state index contributed by atoms with van der Waals surface area (Å²) >= 11 is -4.92. The van der Waals surface area contributed by atoms with Gasteiger partial charge in [-0.2, -0.15) is 184 Å². The highest BCUT2D eigenvalue weighted by Crippen LogP contribution is 2.67. The van der Waals surface area contributed by atoms with Gasteiger partial charge in [-0.05, 0) is 0 Å². The molecule has 0 bridgehead atoms. The molecule has 0 unspecified atom stereocenters. The summed E-state index contributed by atoms with van der Waals surface area (Å²) in [4.78, 5) is 0. The molecule has 0 spiro atoms. The zero-order valence-electron chi connectivity index (χ0n) is 28.6. The molecule has 0 aromatic carbocycles. The summed E-state index contributed by atoms with van der Waals surface area (Å²) in [7, 11) is 0. The highest BCUT2D eigenvalue weighted by atomic mass is 127. The van der Waals surface area contributed by atoms with Crippen LogP contribution in [0.4, 0.5) is 184 Å². The Bertz CT molecular complexity index is 1600. The van der Waals surface area contributed by atoms with E-state index in [0.29, 0.717) is 0 Å². The minimum Gasteiger partial charge on any atom is -0.192 e. The van der Waals surface area contributed by atoms with E-state index in [1.54, 1.807) is 0 Å². The molecule has 0 aromatic rings. The van der Waals surface area contributed by atoms with E-state index < -0.39 is 248 Å². The molecule has 420 valence electrons. The second-order valence-corrected chi connectivity index (χ2v) is 19.7. The van der Waals surface area contributed by atoms with Crippen LogP contribution in [0, 0.1) is 0 Å². The van der Waals surface area contributed by atoms with Gasteiger partial charge in [-0.25, -0.2) is 0 Å². The highest BCUT2D eigenvalue weighted by Gasteiger charge is 2.96. The van der Waals surface area contributed by atoms with Gasteiger partial charge in [0.1, 0.15) is 0 Å². The fourth-order valence-electron chi connectivity index (χ4n) is 2.84. The van der Waals surface area contributed by atoms with Crippen LogP contribution in [0.5, 0.6) is 0 Å². The van der Waals surface area contributed by atoms with Crippen LogP contribution in [0.2, 0.25) is 0 Å². The Hall–Kier alpha value is 1.44. The van der Waals surface area contributed by atoms with Crippen LogP contribution < -0.4 is 0 Å². The first-order chi connectivity index (χ1) is 28.5. The van der Waals surface area contributed by atoms with Crippen molar-refractivity contribution in [3.05, 3.63) is 0 Å². The van der Waals surface area contributed by atoms with Crippen LogP contribution in [0.25, 0.3) is 0 Å². The van der Waals surface area contributed by atoms with Crippen molar-refractivity contribution in [1.29, 1.82) is 0 Å². The van der Waals surface area contributed by atoms with Crippen LogP contribution in [0.3, 0.4) is 0 Å². The van der Waals surface area contributed by atoms with E-state index in [4.69, 9.17) is 0 Å². The molecule has 0 amide bonds. The summed E-state index contributed by atoms with van der Waals surface area (Å²) in [6, 6.07) is 0. The van der Waals surface area contributed by atoms with Gasteiger partial charge in [-0.3, -0.25) is 0 Å². The topological polar surface area (TPSA) is 0 Å². The van der Waals surface area contributed by atoms with Gasteiger partial charge in [0.05, 0.1) is 0 Å². The average Bonchev–Trinajstić information content (AvgIpc) is 3.04. The fourth-order valence-corrected chi connectivity index (χ4v) is 4.87. The van der Waals surface area contributed by atoms with Crippen molar-refractivity contribution < 1.29 is 184 Å². The molecule has 0 heterocycles. The summed E-state index contributed by atoms with van der Waals surface area (Å²) in [5.41, 5.74) is 0. The van der Waals surface area contributed by atoms with Crippen molar-refractivity contribution in [3.8, 4) is 0 Å². The Morgan fingerprint density at radius 3 is 0.188 bits per heavy atom. The summed E-state index contributed by atoms with van der Waals surface area (Å²) in [6.07, 6.45) is 0. The molecule has 0 aliphatic rings. The average molecular weight is 1810 g/mol. The van der Waals surface area contributed by atoms with Crippen molar-refractivity contribution in [2.45, 2.75) is 112 Å². The lowest BCUT2D eigenvalue weighted by molar-refractivity contribution is -0.441. The number of alkyl halides is 48. The van der Waals surface area contributed by atoms with E-state index in [1.165, 1.54) is 0 Å². The molecule has 0 fully saturated rings. The minimum absolute atomic E-state index is 0.697. The van der Waals surface area contributed by atoms with E-state index >= 15 is 0 Å². The molecular weight excluding hydrogens is 1810 g/mol. The minimum atomic E-state index is -8.33. The molecule has 0 atom stereocenters. The van der Waals surface area contributed by atoms with E-state index in [2.05, 4.69) is 0 Å². The normalized spacial score (nSPS) is 16.7. The molecule has 69 heavy (non-hydrogen) atoms. The number of rotatable bonds is 18. The molecule has 0 saturated heterocycles. The molecular formula is C21F42I6.